The lowest BCUT2D eigenvalue weighted by molar-refractivity contribution is 0.0913. The molecule has 0 spiro atoms. The van der Waals surface area contributed by atoms with Gasteiger partial charge in [0.2, 0.25) is 0 Å². The second kappa shape index (κ2) is 10.5. The van der Waals surface area contributed by atoms with Crippen molar-refractivity contribution in [2.24, 2.45) is 5.92 Å². The molecule has 0 bridgehead atoms. The minimum atomic E-state index is 0.170. The highest BCUT2D eigenvalue weighted by molar-refractivity contribution is 7.24. The summed E-state index contributed by atoms with van der Waals surface area (Å²) in [6.07, 6.45) is 1.87. The Bertz CT molecular complexity index is 1220. The average Bonchev–Trinajstić information content (AvgIpc) is 2.80. The summed E-state index contributed by atoms with van der Waals surface area (Å²) in [5.74, 6) is 0.850. The van der Waals surface area contributed by atoms with Gasteiger partial charge >= 0.3 is 0 Å². The standard InChI is InChI=1S/C16H14OS.C12H16O/c1-10(2)11-7-5-9-14-15(11)16(17)12-6-3-4-8-13(12)18-14;1-3-10(4-2)12(13)11-8-6-5-7-9-11/h3-10H,1-2H3;5-10H,3-4H2,1-2H3. The lowest BCUT2D eigenvalue weighted by atomic mass is 9.93. The lowest BCUT2D eigenvalue weighted by Gasteiger charge is -2.10. The minimum Gasteiger partial charge on any atom is -0.294 e. The number of carbonyl (C=O) groups excluding carboxylic acids is 1. The maximum Gasteiger partial charge on any atom is 0.196 e. The molecule has 0 amide bonds. The van der Waals surface area contributed by atoms with Crippen LogP contribution in [0.1, 0.15) is 62.4 Å². The quantitative estimate of drug-likeness (QED) is 0.239. The molecule has 0 N–H and O–H groups in total. The van der Waals surface area contributed by atoms with Crippen molar-refractivity contribution in [3.63, 3.8) is 0 Å². The molecule has 1 aromatic heterocycles. The molecule has 0 aliphatic carbocycles. The van der Waals surface area contributed by atoms with Crippen LogP contribution < -0.4 is 5.43 Å². The third-order valence-electron chi connectivity index (χ3n) is 5.67. The highest BCUT2D eigenvalue weighted by Gasteiger charge is 2.15. The summed E-state index contributed by atoms with van der Waals surface area (Å²) in [5, 5.41) is 1.74. The number of fused-ring (bicyclic) bond motifs is 2. The second-order valence-corrected chi connectivity index (χ2v) is 9.13. The fourth-order valence-electron chi connectivity index (χ4n) is 3.85. The Morgan fingerprint density at radius 1 is 0.806 bits per heavy atom. The third-order valence-corrected chi connectivity index (χ3v) is 6.81. The summed E-state index contributed by atoms with van der Waals surface area (Å²) in [4.78, 5) is 24.4. The first-order valence-corrected chi connectivity index (χ1v) is 11.8. The fraction of sp³-hybridized carbons (Fsp3) is 0.286. The largest absolute Gasteiger partial charge is 0.294 e. The molecule has 3 heteroatoms. The Morgan fingerprint density at radius 3 is 2.06 bits per heavy atom. The Hall–Kier alpha value is -2.78. The van der Waals surface area contributed by atoms with Gasteiger partial charge in [-0.25, -0.2) is 0 Å². The minimum absolute atomic E-state index is 0.170. The van der Waals surface area contributed by atoms with Gasteiger partial charge in [0.25, 0.3) is 0 Å². The van der Waals surface area contributed by atoms with Crippen LogP contribution in [0.4, 0.5) is 0 Å². The van der Waals surface area contributed by atoms with E-state index in [4.69, 9.17) is 0 Å². The number of carbonyl (C=O) groups is 1. The predicted molar refractivity (Wildman–Crippen MR) is 135 cm³/mol. The molecule has 4 aromatic rings. The summed E-state index contributed by atoms with van der Waals surface area (Å²) < 4.78 is 2.15. The predicted octanol–water partition coefficient (Wildman–Crippen LogP) is 7.84. The zero-order valence-corrected chi connectivity index (χ0v) is 19.5. The van der Waals surface area contributed by atoms with Gasteiger partial charge in [-0.2, -0.15) is 0 Å². The molecule has 31 heavy (non-hydrogen) atoms. The average molecular weight is 431 g/mol. The van der Waals surface area contributed by atoms with Crippen LogP contribution in [0.3, 0.4) is 0 Å². The second-order valence-electron chi connectivity index (χ2n) is 8.05. The van der Waals surface area contributed by atoms with Crippen molar-refractivity contribution >= 4 is 37.3 Å². The Labute approximate surface area is 188 Å². The number of Topliss-reactive ketones (excluding diaryl/α,β-unsaturated/α-hetero) is 1. The summed E-state index contributed by atoms with van der Waals surface area (Å²) in [7, 11) is 0. The highest BCUT2D eigenvalue weighted by atomic mass is 32.1. The van der Waals surface area contributed by atoms with Crippen LogP contribution in [-0.4, -0.2) is 5.78 Å². The van der Waals surface area contributed by atoms with Gasteiger partial charge in [0.15, 0.2) is 11.2 Å². The lowest BCUT2D eigenvalue weighted by Crippen LogP contribution is -2.12. The Morgan fingerprint density at radius 2 is 1.42 bits per heavy atom. The molecule has 1 heterocycles. The van der Waals surface area contributed by atoms with E-state index in [-0.39, 0.29) is 17.1 Å². The van der Waals surface area contributed by atoms with Gasteiger partial charge in [-0.05, 0) is 42.5 Å². The normalized spacial score (nSPS) is 11.0. The van der Waals surface area contributed by atoms with Gasteiger partial charge in [-0.3, -0.25) is 9.59 Å². The molecule has 0 aliphatic rings. The van der Waals surface area contributed by atoms with E-state index in [0.717, 1.165) is 44.1 Å². The van der Waals surface area contributed by atoms with E-state index < -0.39 is 0 Å². The van der Waals surface area contributed by atoms with Crippen molar-refractivity contribution in [3.8, 4) is 0 Å². The number of benzene rings is 3. The van der Waals surface area contributed by atoms with Gasteiger partial charge in [0.1, 0.15) is 0 Å². The molecule has 3 aromatic carbocycles. The van der Waals surface area contributed by atoms with Crippen molar-refractivity contribution < 1.29 is 4.79 Å². The number of hydrogen-bond acceptors (Lipinski definition) is 3. The zero-order valence-electron chi connectivity index (χ0n) is 18.7. The Kier molecular flexibility index (Phi) is 7.75. The van der Waals surface area contributed by atoms with E-state index in [1.165, 1.54) is 0 Å². The first kappa shape index (κ1) is 22.9. The Balaban J connectivity index is 0.000000187. The van der Waals surface area contributed by atoms with E-state index in [1.54, 1.807) is 11.3 Å². The number of rotatable bonds is 5. The van der Waals surface area contributed by atoms with Crippen LogP contribution >= 0.6 is 11.3 Å². The van der Waals surface area contributed by atoms with Crippen molar-refractivity contribution in [2.45, 2.75) is 46.5 Å². The first-order valence-electron chi connectivity index (χ1n) is 11.0. The first-order chi connectivity index (χ1) is 15.0. The van der Waals surface area contributed by atoms with E-state index in [1.807, 2.05) is 66.7 Å². The van der Waals surface area contributed by atoms with Gasteiger partial charge in [0, 0.05) is 31.7 Å². The van der Waals surface area contributed by atoms with Gasteiger partial charge in [-0.15, -0.1) is 11.3 Å². The molecule has 4 rings (SSSR count). The maximum atomic E-state index is 12.6. The molecule has 160 valence electrons. The molecule has 0 saturated heterocycles. The van der Waals surface area contributed by atoms with Gasteiger partial charge < -0.3 is 0 Å². The zero-order chi connectivity index (χ0) is 22.4. The molecule has 0 unspecified atom stereocenters. The summed E-state index contributed by atoms with van der Waals surface area (Å²) >= 11 is 1.70. The van der Waals surface area contributed by atoms with Crippen LogP contribution in [0, 0.1) is 5.92 Å². The smallest absolute Gasteiger partial charge is 0.196 e. The number of ketones is 1. The van der Waals surface area contributed by atoms with Crippen molar-refractivity contribution in [3.05, 3.63) is 94.1 Å². The summed E-state index contributed by atoms with van der Waals surface area (Å²) in [5.41, 5.74) is 2.17. The molecular weight excluding hydrogens is 400 g/mol. The summed E-state index contributed by atoms with van der Waals surface area (Å²) in [6.45, 7) is 8.39. The fourth-order valence-corrected chi connectivity index (χ4v) is 4.96. The van der Waals surface area contributed by atoms with E-state index in [2.05, 4.69) is 33.8 Å². The van der Waals surface area contributed by atoms with Crippen molar-refractivity contribution in [1.82, 2.24) is 0 Å². The monoisotopic (exact) mass is 430 g/mol. The third kappa shape index (κ3) is 5.11. The van der Waals surface area contributed by atoms with Crippen molar-refractivity contribution in [2.75, 3.05) is 0 Å². The van der Waals surface area contributed by atoms with Gasteiger partial charge in [-0.1, -0.05) is 82.3 Å². The topological polar surface area (TPSA) is 34.1 Å². The molecule has 0 aliphatic heterocycles. The highest BCUT2D eigenvalue weighted by Crippen LogP contribution is 2.29. The van der Waals surface area contributed by atoms with Gasteiger partial charge in [0.05, 0.1) is 0 Å². The van der Waals surface area contributed by atoms with E-state index in [9.17, 15) is 9.59 Å². The van der Waals surface area contributed by atoms with Crippen LogP contribution in [0.2, 0.25) is 0 Å². The van der Waals surface area contributed by atoms with Crippen LogP contribution in [0.15, 0.2) is 77.6 Å². The van der Waals surface area contributed by atoms with Crippen molar-refractivity contribution in [1.29, 1.82) is 0 Å². The van der Waals surface area contributed by atoms with Crippen LogP contribution in [-0.2, 0) is 0 Å². The molecular formula is C28H30O2S. The SMILES string of the molecule is CC(C)c1cccc2sc3ccccc3c(=O)c12.CCC(CC)C(=O)c1ccccc1. The molecule has 0 atom stereocenters. The number of hydrogen-bond donors (Lipinski definition) is 0. The molecule has 0 saturated carbocycles. The molecule has 2 nitrogen and oxygen atoms in total. The van der Waals surface area contributed by atoms with Crippen LogP contribution in [0.5, 0.6) is 0 Å². The molecule has 0 fully saturated rings. The van der Waals surface area contributed by atoms with Crippen LogP contribution in [0.25, 0.3) is 20.2 Å². The molecule has 0 radical (unpaired) electrons. The van der Waals surface area contributed by atoms with E-state index in [0.29, 0.717) is 5.92 Å². The van der Waals surface area contributed by atoms with E-state index >= 15 is 0 Å². The summed E-state index contributed by atoms with van der Waals surface area (Å²) in [6, 6.07) is 23.5. The maximum absolute atomic E-state index is 12.6.